The first kappa shape index (κ1) is 15.3. The molecule has 0 aliphatic heterocycles. The fourth-order valence-electron chi connectivity index (χ4n) is 2.65. The second kappa shape index (κ2) is 6.34. The standard InChI is InChI=1S/C18H14N6S/c1-2-13-6-15-17(21-10-22-18(15)25-13)24-23-9-12-8-20-16-4-3-11(7-19)5-14(12)16/h3-6,8-10,20H,2H2,1H3,(H,21,22,24)/b23-9-. The van der Waals surface area contributed by atoms with Crippen LogP contribution < -0.4 is 5.43 Å². The number of anilines is 1. The van der Waals surface area contributed by atoms with Crippen LogP contribution in [-0.4, -0.2) is 21.2 Å². The molecule has 2 N–H and O–H groups in total. The summed E-state index contributed by atoms with van der Waals surface area (Å²) in [5, 5.41) is 15.3. The first-order valence-corrected chi connectivity index (χ1v) is 8.64. The minimum Gasteiger partial charge on any atom is -0.361 e. The lowest BCUT2D eigenvalue weighted by atomic mass is 10.1. The van der Waals surface area contributed by atoms with E-state index in [0.29, 0.717) is 11.4 Å². The summed E-state index contributed by atoms with van der Waals surface area (Å²) in [6.07, 6.45) is 6.11. The Bertz CT molecular complexity index is 1130. The second-order valence-electron chi connectivity index (χ2n) is 5.49. The Balaban J connectivity index is 1.63. The molecule has 0 spiro atoms. The second-order valence-corrected chi connectivity index (χ2v) is 6.61. The summed E-state index contributed by atoms with van der Waals surface area (Å²) in [5.41, 5.74) is 5.50. The number of hydrogen-bond donors (Lipinski definition) is 2. The highest BCUT2D eigenvalue weighted by atomic mass is 32.1. The predicted molar refractivity (Wildman–Crippen MR) is 101 cm³/mol. The molecule has 25 heavy (non-hydrogen) atoms. The van der Waals surface area contributed by atoms with E-state index in [9.17, 15) is 0 Å². The van der Waals surface area contributed by atoms with Gasteiger partial charge in [-0.1, -0.05) is 6.92 Å². The number of rotatable bonds is 4. The number of nitrogens with zero attached hydrogens (tertiary/aromatic N) is 4. The van der Waals surface area contributed by atoms with E-state index >= 15 is 0 Å². The van der Waals surface area contributed by atoms with Crippen molar-refractivity contribution in [2.45, 2.75) is 13.3 Å². The van der Waals surface area contributed by atoms with Crippen molar-refractivity contribution >= 4 is 44.5 Å². The maximum Gasteiger partial charge on any atom is 0.158 e. The molecule has 0 saturated heterocycles. The molecule has 3 aromatic heterocycles. The van der Waals surface area contributed by atoms with Crippen LogP contribution >= 0.6 is 11.3 Å². The molecule has 0 aliphatic rings. The summed E-state index contributed by atoms with van der Waals surface area (Å²) in [4.78, 5) is 14.0. The van der Waals surface area contributed by atoms with E-state index in [-0.39, 0.29) is 0 Å². The smallest absolute Gasteiger partial charge is 0.158 e. The number of aromatic amines is 1. The molecule has 4 aromatic rings. The van der Waals surface area contributed by atoms with E-state index in [1.165, 1.54) is 4.88 Å². The summed E-state index contributed by atoms with van der Waals surface area (Å²) in [6.45, 7) is 2.12. The van der Waals surface area contributed by atoms with Gasteiger partial charge in [0.05, 0.1) is 23.2 Å². The van der Waals surface area contributed by atoms with Crippen LogP contribution in [0.3, 0.4) is 0 Å². The van der Waals surface area contributed by atoms with Crippen molar-refractivity contribution in [3.63, 3.8) is 0 Å². The molecule has 0 radical (unpaired) electrons. The molecule has 0 bridgehead atoms. The average molecular weight is 346 g/mol. The number of thiophene rings is 1. The third-order valence-electron chi connectivity index (χ3n) is 3.95. The summed E-state index contributed by atoms with van der Waals surface area (Å²) >= 11 is 1.67. The van der Waals surface area contributed by atoms with Gasteiger partial charge >= 0.3 is 0 Å². The Kier molecular flexibility index (Phi) is 3.88. The fraction of sp³-hybridized carbons (Fsp3) is 0.111. The topological polar surface area (TPSA) is 89.8 Å². The minimum atomic E-state index is 0.623. The summed E-state index contributed by atoms with van der Waals surface area (Å²) in [5.74, 6) is 0.690. The van der Waals surface area contributed by atoms with E-state index in [1.807, 2.05) is 18.3 Å². The van der Waals surface area contributed by atoms with Crippen LogP contribution in [0.4, 0.5) is 5.82 Å². The van der Waals surface area contributed by atoms with Crippen molar-refractivity contribution in [2.24, 2.45) is 5.10 Å². The molecule has 0 fully saturated rings. The van der Waals surface area contributed by atoms with Crippen molar-refractivity contribution in [2.75, 3.05) is 5.43 Å². The summed E-state index contributed by atoms with van der Waals surface area (Å²) in [7, 11) is 0. The van der Waals surface area contributed by atoms with Crippen LogP contribution in [-0.2, 0) is 6.42 Å². The van der Waals surface area contributed by atoms with E-state index in [2.05, 4.69) is 44.5 Å². The molecule has 0 saturated carbocycles. The van der Waals surface area contributed by atoms with Crippen LogP contribution in [0.15, 0.2) is 41.9 Å². The number of fused-ring (bicyclic) bond motifs is 2. The summed E-state index contributed by atoms with van der Waals surface area (Å²) < 4.78 is 0. The van der Waals surface area contributed by atoms with E-state index in [0.717, 1.165) is 33.1 Å². The first-order valence-electron chi connectivity index (χ1n) is 7.82. The zero-order valence-corrected chi connectivity index (χ0v) is 14.3. The molecule has 0 aliphatic carbocycles. The largest absolute Gasteiger partial charge is 0.361 e. The molecular weight excluding hydrogens is 332 g/mol. The molecule has 0 unspecified atom stereocenters. The fourth-order valence-corrected chi connectivity index (χ4v) is 3.59. The van der Waals surface area contributed by atoms with Crippen LogP contribution in [0, 0.1) is 11.3 Å². The molecule has 0 atom stereocenters. The number of aromatic nitrogens is 3. The number of H-pyrrole nitrogens is 1. The van der Waals surface area contributed by atoms with Crippen molar-refractivity contribution in [3.8, 4) is 6.07 Å². The van der Waals surface area contributed by atoms with Gasteiger partial charge in [-0.25, -0.2) is 9.97 Å². The van der Waals surface area contributed by atoms with E-state index in [4.69, 9.17) is 5.26 Å². The van der Waals surface area contributed by atoms with Gasteiger partial charge in [0.2, 0.25) is 0 Å². The van der Waals surface area contributed by atoms with Gasteiger partial charge in [0.1, 0.15) is 11.2 Å². The van der Waals surface area contributed by atoms with Gasteiger partial charge in [-0.3, -0.25) is 5.43 Å². The van der Waals surface area contributed by atoms with Gasteiger partial charge in [-0.05, 0) is 30.7 Å². The lowest BCUT2D eigenvalue weighted by Gasteiger charge is -1.99. The molecule has 0 amide bonds. The Morgan fingerprint density at radius 1 is 1.32 bits per heavy atom. The van der Waals surface area contributed by atoms with Crippen molar-refractivity contribution in [1.29, 1.82) is 5.26 Å². The normalized spacial score (nSPS) is 11.4. The lowest BCUT2D eigenvalue weighted by Crippen LogP contribution is -1.94. The SMILES string of the molecule is CCc1cc2c(N/N=C\c3c[nH]c4ccc(C#N)cc34)ncnc2s1. The lowest BCUT2D eigenvalue weighted by molar-refractivity contribution is 1.18. The van der Waals surface area contributed by atoms with Gasteiger partial charge in [0.15, 0.2) is 5.82 Å². The highest BCUT2D eigenvalue weighted by molar-refractivity contribution is 7.18. The molecule has 6 nitrogen and oxygen atoms in total. The van der Waals surface area contributed by atoms with Gasteiger partial charge in [0, 0.05) is 27.5 Å². The Hall–Kier alpha value is -3.24. The first-order chi connectivity index (χ1) is 12.3. The zero-order valence-electron chi connectivity index (χ0n) is 13.4. The Labute approximate surface area is 147 Å². The monoisotopic (exact) mass is 346 g/mol. The van der Waals surface area contributed by atoms with Gasteiger partial charge in [0.25, 0.3) is 0 Å². The molecule has 4 rings (SSSR count). The van der Waals surface area contributed by atoms with Gasteiger partial charge in [-0.15, -0.1) is 11.3 Å². The minimum absolute atomic E-state index is 0.623. The Morgan fingerprint density at radius 3 is 3.08 bits per heavy atom. The molecular formula is C18H14N6S. The maximum absolute atomic E-state index is 9.05. The number of aryl methyl sites for hydroxylation is 1. The van der Waals surface area contributed by atoms with Crippen molar-refractivity contribution in [3.05, 3.63) is 52.8 Å². The molecule has 7 heteroatoms. The average Bonchev–Trinajstić information content (AvgIpc) is 3.25. The third-order valence-corrected chi connectivity index (χ3v) is 5.13. The van der Waals surface area contributed by atoms with Gasteiger partial charge < -0.3 is 4.98 Å². The number of benzene rings is 1. The third kappa shape index (κ3) is 2.84. The van der Waals surface area contributed by atoms with Crippen LogP contribution in [0.2, 0.25) is 0 Å². The van der Waals surface area contributed by atoms with Gasteiger partial charge in [-0.2, -0.15) is 10.4 Å². The molecule has 1 aromatic carbocycles. The number of hydrogen-bond acceptors (Lipinski definition) is 6. The summed E-state index contributed by atoms with van der Waals surface area (Å²) in [6, 6.07) is 9.79. The van der Waals surface area contributed by atoms with Crippen LogP contribution in [0.25, 0.3) is 21.1 Å². The Morgan fingerprint density at radius 2 is 2.24 bits per heavy atom. The highest BCUT2D eigenvalue weighted by Crippen LogP contribution is 2.28. The van der Waals surface area contributed by atoms with Crippen LogP contribution in [0.1, 0.15) is 22.9 Å². The quantitative estimate of drug-likeness (QED) is 0.431. The number of nitriles is 1. The maximum atomic E-state index is 9.05. The molecule has 3 heterocycles. The highest BCUT2D eigenvalue weighted by Gasteiger charge is 2.07. The van der Waals surface area contributed by atoms with Crippen LogP contribution in [0.5, 0.6) is 0 Å². The molecule has 122 valence electrons. The number of nitrogens with one attached hydrogen (secondary N) is 2. The van der Waals surface area contributed by atoms with Crippen molar-refractivity contribution < 1.29 is 0 Å². The van der Waals surface area contributed by atoms with Crippen molar-refractivity contribution in [1.82, 2.24) is 15.0 Å². The zero-order chi connectivity index (χ0) is 17.2. The van der Waals surface area contributed by atoms with E-state index < -0.39 is 0 Å². The van der Waals surface area contributed by atoms with E-state index in [1.54, 1.807) is 29.9 Å². The predicted octanol–water partition coefficient (Wildman–Crippen LogP) is 4.05. The number of hydrazone groups is 1.